The van der Waals surface area contributed by atoms with E-state index in [2.05, 4.69) is 29.3 Å². The largest absolute Gasteiger partial charge is 0.384 e. The molecular weight excluding hydrogens is 188 g/mol. The van der Waals surface area contributed by atoms with Gasteiger partial charge in [-0.3, -0.25) is 0 Å². The zero-order valence-electron chi connectivity index (χ0n) is 9.53. The minimum atomic E-state index is 0.563. The molecule has 0 unspecified atom stereocenters. The van der Waals surface area contributed by atoms with Crippen LogP contribution in [0.25, 0.3) is 0 Å². The highest BCUT2D eigenvalue weighted by Crippen LogP contribution is 2.05. The molecule has 0 aliphatic rings. The van der Waals surface area contributed by atoms with Crippen LogP contribution in [-0.2, 0) is 0 Å². The van der Waals surface area contributed by atoms with Crippen LogP contribution < -0.4 is 11.1 Å². The number of nitrogens with one attached hydrogen (secondary N) is 1. The normalized spacial score (nSPS) is 10.6. The molecule has 0 aliphatic heterocycles. The molecule has 3 N–H and O–H groups in total. The van der Waals surface area contributed by atoms with Gasteiger partial charge in [-0.15, -0.1) is 0 Å². The number of nitrogen functional groups attached to an aromatic ring is 1. The molecule has 1 aromatic rings. The lowest BCUT2D eigenvalue weighted by atomic mass is 10.3. The molecule has 0 radical (unpaired) electrons. The standard InChI is InChI=1S/C11H20N4/c1-15(2)9-4-3-8-13-11-7-5-6-10(12)14-11/h5-7H,3-4,8-9H2,1-2H3,(H3,12,13,14). The molecule has 0 aromatic carbocycles. The molecule has 1 heterocycles. The maximum absolute atomic E-state index is 5.57. The van der Waals surface area contributed by atoms with Crippen LogP contribution in [0.2, 0.25) is 0 Å². The van der Waals surface area contributed by atoms with Crippen molar-refractivity contribution < 1.29 is 0 Å². The van der Waals surface area contributed by atoms with Crippen LogP contribution in [0.3, 0.4) is 0 Å². The van der Waals surface area contributed by atoms with E-state index >= 15 is 0 Å². The summed E-state index contributed by atoms with van der Waals surface area (Å²) in [5, 5.41) is 3.25. The fourth-order valence-electron chi connectivity index (χ4n) is 1.32. The van der Waals surface area contributed by atoms with E-state index in [9.17, 15) is 0 Å². The van der Waals surface area contributed by atoms with E-state index in [0.29, 0.717) is 5.82 Å². The lowest BCUT2D eigenvalue weighted by molar-refractivity contribution is 0.396. The minimum absolute atomic E-state index is 0.563. The molecule has 4 heteroatoms. The maximum Gasteiger partial charge on any atom is 0.128 e. The van der Waals surface area contributed by atoms with E-state index < -0.39 is 0 Å². The topological polar surface area (TPSA) is 54.2 Å². The second kappa shape index (κ2) is 6.24. The van der Waals surface area contributed by atoms with Crippen molar-refractivity contribution in [3.8, 4) is 0 Å². The number of anilines is 2. The number of nitrogens with zero attached hydrogens (tertiary/aromatic N) is 2. The van der Waals surface area contributed by atoms with Gasteiger partial charge in [0.25, 0.3) is 0 Å². The first-order chi connectivity index (χ1) is 7.18. The fraction of sp³-hybridized carbons (Fsp3) is 0.545. The van der Waals surface area contributed by atoms with Crippen LogP contribution >= 0.6 is 0 Å². The second-order valence-electron chi connectivity index (χ2n) is 3.88. The van der Waals surface area contributed by atoms with Crippen molar-refractivity contribution in [3.05, 3.63) is 18.2 Å². The molecule has 0 bridgehead atoms. The number of nitrogens with two attached hydrogens (primary N) is 1. The van der Waals surface area contributed by atoms with Crippen LogP contribution in [0.15, 0.2) is 18.2 Å². The molecule has 0 aliphatic carbocycles. The van der Waals surface area contributed by atoms with Gasteiger partial charge >= 0.3 is 0 Å². The molecule has 0 amide bonds. The molecule has 0 fully saturated rings. The Morgan fingerprint density at radius 1 is 1.33 bits per heavy atom. The van der Waals surface area contributed by atoms with Gasteiger partial charge in [0.05, 0.1) is 0 Å². The number of aromatic nitrogens is 1. The van der Waals surface area contributed by atoms with Gasteiger partial charge in [0.15, 0.2) is 0 Å². The lowest BCUT2D eigenvalue weighted by Crippen LogP contribution is -2.14. The van der Waals surface area contributed by atoms with Crippen LogP contribution in [0.1, 0.15) is 12.8 Å². The molecule has 15 heavy (non-hydrogen) atoms. The summed E-state index contributed by atoms with van der Waals surface area (Å²) in [6, 6.07) is 5.63. The summed E-state index contributed by atoms with van der Waals surface area (Å²) in [6.07, 6.45) is 2.34. The zero-order chi connectivity index (χ0) is 11.1. The van der Waals surface area contributed by atoms with Gasteiger partial charge in [-0.05, 0) is 45.6 Å². The Labute approximate surface area is 91.5 Å². The molecule has 1 aromatic heterocycles. The van der Waals surface area contributed by atoms with Crippen molar-refractivity contribution in [3.63, 3.8) is 0 Å². The third-order valence-corrected chi connectivity index (χ3v) is 2.11. The summed E-state index contributed by atoms with van der Waals surface area (Å²) in [5.41, 5.74) is 5.57. The Morgan fingerprint density at radius 3 is 2.80 bits per heavy atom. The average Bonchev–Trinajstić information content (AvgIpc) is 2.17. The van der Waals surface area contributed by atoms with Crippen molar-refractivity contribution in [1.29, 1.82) is 0 Å². The van der Waals surface area contributed by atoms with Crippen molar-refractivity contribution in [2.24, 2.45) is 0 Å². The van der Waals surface area contributed by atoms with E-state index in [1.165, 1.54) is 6.42 Å². The summed E-state index contributed by atoms with van der Waals surface area (Å²) in [6.45, 7) is 2.08. The van der Waals surface area contributed by atoms with Gasteiger partial charge in [0.2, 0.25) is 0 Å². The Balaban J connectivity index is 2.15. The third-order valence-electron chi connectivity index (χ3n) is 2.11. The van der Waals surface area contributed by atoms with Crippen LogP contribution in [0.4, 0.5) is 11.6 Å². The molecule has 0 saturated heterocycles. The van der Waals surface area contributed by atoms with E-state index in [1.807, 2.05) is 12.1 Å². The molecule has 84 valence electrons. The van der Waals surface area contributed by atoms with Gasteiger partial charge < -0.3 is 16.0 Å². The summed E-state index contributed by atoms with van der Waals surface area (Å²) in [7, 11) is 4.18. The average molecular weight is 208 g/mol. The number of hydrogen-bond acceptors (Lipinski definition) is 4. The first-order valence-electron chi connectivity index (χ1n) is 5.29. The smallest absolute Gasteiger partial charge is 0.128 e. The number of rotatable bonds is 6. The number of hydrogen-bond donors (Lipinski definition) is 2. The monoisotopic (exact) mass is 208 g/mol. The highest BCUT2D eigenvalue weighted by atomic mass is 15.0. The molecule has 0 atom stereocenters. The fourth-order valence-corrected chi connectivity index (χ4v) is 1.32. The SMILES string of the molecule is CN(C)CCCCNc1cccc(N)n1. The molecule has 0 saturated carbocycles. The summed E-state index contributed by atoms with van der Waals surface area (Å²) >= 11 is 0. The Kier molecular flexibility index (Phi) is 4.90. The second-order valence-corrected chi connectivity index (χ2v) is 3.88. The van der Waals surface area contributed by atoms with Crippen LogP contribution in [0, 0.1) is 0 Å². The summed E-state index contributed by atoms with van der Waals surface area (Å²) in [4.78, 5) is 6.36. The summed E-state index contributed by atoms with van der Waals surface area (Å²) in [5.74, 6) is 1.42. The van der Waals surface area contributed by atoms with Gasteiger partial charge in [-0.1, -0.05) is 6.07 Å². The predicted octanol–water partition coefficient (Wildman–Crippen LogP) is 1.42. The lowest BCUT2D eigenvalue weighted by Gasteiger charge is -2.09. The van der Waals surface area contributed by atoms with E-state index in [1.54, 1.807) is 6.07 Å². The molecule has 4 nitrogen and oxygen atoms in total. The predicted molar refractivity (Wildman–Crippen MR) is 64.9 cm³/mol. The third kappa shape index (κ3) is 5.22. The quantitative estimate of drug-likeness (QED) is 0.694. The first kappa shape index (κ1) is 11.8. The maximum atomic E-state index is 5.57. The molecular formula is C11H20N4. The van der Waals surface area contributed by atoms with Crippen molar-refractivity contribution in [2.45, 2.75) is 12.8 Å². The molecule has 1 rings (SSSR count). The Hall–Kier alpha value is -1.29. The van der Waals surface area contributed by atoms with Gasteiger partial charge in [0.1, 0.15) is 11.6 Å². The van der Waals surface area contributed by atoms with Gasteiger partial charge in [-0.25, -0.2) is 4.98 Å². The van der Waals surface area contributed by atoms with Crippen LogP contribution in [-0.4, -0.2) is 37.1 Å². The Morgan fingerprint density at radius 2 is 2.13 bits per heavy atom. The van der Waals surface area contributed by atoms with Gasteiger partial charge in [0, 0.05) is 6.54 Å². The van der Waals surface area contributed by atoms with Crippen LogP contribution in [0.5, 0.6) is 0 Å². The van der Waals surface area contributed by atoms with Gasteiger partial charge in [-0.2, -0.15) is 0 Å². The number of pyridine rings is 1. The minimum Gasteiger partial charge on any atom is -0.384 e. The van der Waals surface area contributed by atoms with Crippen molar-refractivity contribution in [1.82, 2.24) is 9.88 Å². The van der Waals surface area contributed by atoms with E-state index in [-0.39, 0.29) is 0 Å². The zero-order valence-corrected chi connectivity index (χ0v) is 9.53. The Bertz CT molecular complexity index is 286. The van der Waals surface area contributed by atoms with E-state index in [4.69, 9.17) is 5.73 Å². The van der Waals surface area contributed by atoms with Crippen molar-refractivity contribution in [2.75, 3.05) is 38.2 Å². The highest BCUT2D eigenvalue weighted by molar-refractivity contribution is 5.41. The first-order valence-corrected chi connectivity index (χ1v) is 5.29. The van der Waals surface area contributed by atoms with Crippen molar-refractivity contribution >= 4 is 11.6 Å². The molecule has 0 spiro atoms. The highest BCUT2D eigenvalue weighted by Gasteiger charge is 1.94. The number of unbranched alkanes of at least 4 members (excludes halogenated alkanes) is 1. The van der Waals surface area contributed by atoms with E-state index in [0.717, 1.165) is 25.3 Å². The summed E-state index contributed by atoms with van der Waals surface area (Å²) < 4.78 is 0.